The van der Waals surface area contributed by atoms with Gasteiger partial charge in [-0.05, 0) is 45.4 Å². The van der Waals surface area contributed by atoms with Gasteiger partial charge in [0.2, 0.25) is 0 Å². The summed E-state index contributed by atoms with van der Waals surface area (Å²) in [5.41, 5.74) is 5.41. The van der Waals surface area contributed by atoms with Crippen molar-refractivity contribution in [3.63, 3.8) is 0 Å². The van der Waals surface area contributed by atoms with Gasteiger partial charge in [-0.2, -0.15) is 13.2 Å². The number of hydrogen-bond acceptors (Lipinski definition) is 3. The maximum absolute atomic E-state index is 12.2. The minimum atomic E-state index is -4.07. The number of halogens is 3. The van der Waals surface area contributed by atoms with Crippen LogP contribution >= 0.6 is 0 Å². The molecule has 1 aliphatic heterocycles. The van der Waals surface area contributed by atoms with Crippen molar-refractivity contribution in [3.8, 4) is 0 Å². The molecule has 0 radical (unpaired) electrons. The lowest BCUT2D eigenvalue weighted by molar-refractivity contribution is -0.145. The molecule has 0 aromatic rings. The molecule has 0 aliphatic carbocycles. The Morgan fingerprint density at radius 1 is 0.941 bits per heavy atom. The average molecular weight is 253 g/mol. The van der Waals surface area contributed by atoms with E-state index in [9.17, 15) is 13.2 Å². The van der Waals surface area contributed by atoms with Gasteiger partial charge in [-0.25, -0.2) is 0 Å². The summed E-state index contributed by atoms with van der Waals surface area (Å²) >= 11 is 0. The molecule has 1 heterocycles. The van der Waals surface area contributed by atoms with Gasteiger partial charge in [0, 0.05) is 13.1 Å². The van der Waals surface area contributed by atoms with E-state index in [0.717, 1.165) is 38.9 Å². The summed E-state index contributed by atoms with van der Waals surface area (Å²) in [6.45, 7) is 3.57. The first-order valence-electron chi connectivity index (χ1n) is 6.23. The summed E-state index contributed by atoms with van der Waals surface area (Å²) in [5, 5.41) is 0. The van der Waals surface area contributed by atoms with Gasteiger partial charge >= 0.3 is 6.18 Å². The van der Waals surface area contributed by atoms with Crippen LogP contribution in [0.3, 0.4) is 0 Å². The fourth-order valence-electron chi connectivity index (χ4n) is 2.14. The number of nitrogens with two attached hydrogens (primary N) is 1. The Labute approximate surface area is 101 Å². The van der Waals surface area contributed by atoms with E-state index in [2.05, 4.69) is 4.90 Å². The van der Waals surface area contributed by atoms with Gasteiger partial charge in [-0.3, -0.25) is 4.90 Å². The molecule has 0 bridgehead atoms. The van der Waals surface area contributed by atoms with E-state index in [1.165, 1.54) is 4.90 Å². The number of rotatable bonds is 5. The molecule has 1 saturated heterocycles. The average Bonchev–Trinajstić information content (AvgIpc) is 2.42. The van der Waals surface area contributed by atoms with Crippen molar-refractivity contribution in [2.75, 3.05) is 45.8 Å². The van der Waals surface area contributed by atoms with E-state index in [1.807, 2.05) is 0 Å². The zero-order chi connectivity index (χ0) is 12.7. The van der Waals surface area contributed by atoms with E-state index < -0.39 is 12.7 Å². The van der Waals surface area contributed by atoms with Gasteiger partial charge in [0.15, 0.2) is 0 Å². The fourth-order valence-corrected chi connectivity index (χ4v) is 2.14. The summed E-state index contributed by atoms with van der Waals surface area (Å²) in [4.78, 5) is 3.75. The van der Waals surface area contributed by atoms with Crippen LogP contribution in [0.1, 0.15) is 19.3 Å². The summed E-state index contributed by atoms with van der Waals surface area (Å²) in [6, 6.07) is 0. The topological polar surface area (TPSA) is 32.5 Å². The van der Waals surface area contributed by atoms with Crippen LogP contribution in [-0.4, -0.2) is 61.8 Å². The van der Waals surface area contributed by atoms with E-state index in [-0.39, 0.29) is 0 Å². The minimum Gasteiger partial charge on any atom is -0.330 e. The molecule has 2 N–H and O–H groups in total. The van der Waals surface area contributed by atoms with Crippen LogP contribution < -0.4 is 5.73 Å². The van der Waals surface area contributed by atoms with Crippen molar-refractivity contribution in [1.82, 2.24) is 9.80 Å². The third-order valence-corrected chi connectivity index (χ3v) is 3.01. The maximum Gasteiger partial charge on any atom is 0.401 e. The number of alkyl halides is 3. The van der Waals surface area contributed by atoms with Crippen LogP contribution in [0.4, 0.5) is 13.2 Å². The lowest BCUT2D eigenvalue weighted by atomic mass is 10.3. The normalized spacial score (nSPS) is 20.5. The third kappa shape index (κ3) is 6.85. The Balaban J connectivity index is 2.24. The number of unbranched alkanes of at least 4 members (excludes halogenated alkanes) is 1. The first kappa shape index (κ1) is 14.7. The van der Waals surface area contributed by atoms with Crippen molar-refractivity contribution in [1.29, 1.82) is 0 Å². The van der Waals surface area contributed by atoms with E-state index >= 15 is 0 Å². The highest BCUT2D eigenvalue weighted by atomic mass is 19.4. The first-order valence-corrected chi connectivity index (χ1v) is 6.23. The molecule has 1 fully saturated rings. The molecule has 1 rings (SSSR count). The van der Waals surface area contributed by atoms with Crippen molar-refractivity contribution in [2.24, 2.45) is 5.73 Å². The predicted octanol–water partition coefficient (Wildman–Crippen LogP) is 1.30. The van der Waals surface area contributed by atoms with Crippen LogP contribution in [0.25, 0.3) is 0 Å². The zero-order valence-electron chi connectivity index (χ0n) is 10.2. The Morgan fingerprint density at radius 2 is 1.59 bits per heavy atom. The lowest BCUT2D eigenvalue weighted by Gasteiger charge is -2.22. The zero-order valence-corrected chi connectivity index (χ0v) is 10.2. The van der Waals surface area contributed by atoms with Gasteiger partial charge in [-0.15, -0.1) is 0 Å². The Morgan fingerprint density at radius 3 is 2.24 bits per heavy atom. The molecule has 0 saturated carbocycles. The van der Waals surface area contributed by atoms with Gasteiger partial charge in [-0.1, -0.05) is 0 Å². The standard InChI is InChI=1S/C11H22F3N3/c12-11(13,14)10-17-7-3-6-16(8-9-17)5-2-1-4-15/h1-10,15H2. The molecule has 1 aliphatic rings. The first-order chi connectivity index (χ1) is 8.01. The molecule has 0 amide bonds. The van der Waals surface area contributed by atoms with Crippen molar-refractivity contribution >= 4 is 0 Å². The second-order valence-electron chi connectivity index (χ2n) is 4.58. The summed E-state index contributed by atoms with van der Waals surface area (Å²) in [7, 11) is 0. The SMILES string of the molecule is NCCCCN1CCCN(CC(F)(F)F)CC1. The second-order valence-corrected chi connectivity index (χ2v) is 4.58. The molecule has 6 heteroatoms. The van der Waals surface area contributed by atoms with E-state index in [1.54, 1.807) is 0 Å². The second kappa shape index (κ2) is 7.18. The van der Waals surface area contributed by atoms with Gasteiger partial charge < -0.3 is 10.6 Å². The highest BCUT2D eigenvalue weighted by Gasteiger charge is 2.31. The highest BCUT2D eigenvalue weighted by Crippen LogP contribution is 2.17. The Hall–Kier alpha value is -0.330. The molecule has 0 aromatic carbocycles. The van der Waals surface area contributed by atoms with Gasteiger partial charge in [0.25, 0.3) is 0 Å². The molecule has 0 spiro atoms. The highest BCUT2D eigenvalue weighted by molar-refractivity contribution is 4.71. The van der Waals surface area contributed by atoms with Crippen LogP contribution in [0.2, 0.25) is 0 Å². The fraction of sp³-hybridized carbons (Fsp3) is 1.00. The molecular formula is C11H22F3N3. The lowest BCUT2D eigenvalue weighted by Crippen LogP contribution is -2.37. The minimum absolute atomic E-state index is 0.516. The van der Waals surface area contributed by atoms with Crippen molar-refractivity contribution in [2.45, 2.75) is 25.4 Å². The van der Waals surface area contributed by atoms with E-state index in [4.69, 9.17) is 5.73 Å². The van der Waals surface area contributed by atoms with Gasteiger partial charge in [0.1, 0.15) is 0 Å². The van der Waals surface area contributed by atoms with Crippen LogP contribution in [0.15, 0.2) is 0 Å². The van der Waals surface area contributed by atoms with Crippen molar-refractivity contribution < 1.29 is 13.2 Å². The third-order valence-electron chi connectivity index (χ3n) is 3.01. The summed E-state index contributed by atoms with van der Waals surface area (Å²) in [5.74, 6) is 0. The molecule has 17 heavy (non-hydrogen) atoms. The summed E-state index contributed by atoms with van der Waals surface area (Å²) in [6.07, 6.45) is -1.23. The maximum atomic E-state index is 12.2. The molecule has 0 unspecified atom stereocenters. The predicted molar refractivity (Wildman–Crippen MR) is 61.8 cm³/mol. The Bertz CT molecular complexity index is 209. The van der Waals surface area contributed by atoms with Crippen LogP contribution in [-0.2, 0) is 0 Å². The van der Waals surface area contributed by atoms with Crippen LogP contribution in [0, 0.1) is 0 Å². The molecule has 0 atom stereocenters. The van der Waals surface area contributed by atoms with Gasteiger partial charge in [0.05, 0.1) is 6.54 Å². The molecule has 3 nitrogen and oxygen atoms in total. The monoisotopic (exact) mass is 253 g/mol. The summed E-state index contributed by atoms with van der Waals surface area (Å²) < 4.78 is 36.7. The van der Waals surface area contributed by atoms with E-state index in [0.29, 0.717) is 19.6 Å². The number of nitrogens with zero attached hydrogens (tertiary/aromatic N) is 2. The van der Waals surface area contributed by atoms with Crippen LogP contribution in [0.5, 0.6) is 0 Å². The largest absolute Gasteiger partial charge is 0.401 e. The van der Waals surface area contributed by atoms with Crippen molar-refractivity contribution in [3.05, 3.63) is 0 Å². The number of hydrogen-bond donors (Lipinski definition) is 1. The smallest absolute Gasteiger partial charge is 0.330 e. The molecule has 0 aromatic heterocycles. The Kier molecular flexibility index (Phi) is 6.22. The quantitative estimate of drug-likeness (QED) is 0.750. The molecular weight excluding hydrogens is 231 g/mol. The molecule has 102 valence electrons.